The number of amides is 1. The average Bonchev–Trinajstić information content (AvgIpc) is 2.63. The van der Waals surface area contributed by atoms with Crippen LogP contribution in [0, 0.1) is 6.92 Å². The third-order valence-electron chi connectivity index (χ3n) is 3.64. The molecule has 25 heavy (non-hydrogen) atoms. The van der Waals surface area contributed by atoms with Crippen molar-refractivity contribution in [3.8, 4) is 5.75 Å². The topological polar surface area (TPSA) is 76.1 Å². The molecular weight excluding hydrogens is 340 g/mol. The second kappa shape index (κ2) is 8.30. The second-order valence-corrected chi connectivity index (χ2v) is 5.29. The van der Waals surface area contributed by atoms with Crippen molar-refractivity contribution in [2.75, 3.05) is 19.0 Å². The fourth-order valence-corrected chi connectivity index (χ4v) is 2.32. The number of hydrogen-bond donors (Lipinski definition) is 2. The van der Waals surface area contributed by atoms with E-state index in [1.165, 1.54) is 0 Å². The van der Waals surface area contributed by atoms with E-state index in [4.69, 9.17) is 4.74 Å². The number of hydrogen-bond acceptors (Lipinski definition) is 5. The van der Waals surface area contributed by atoms with Gasteiger partial charge >= 0.3 is 0 Å². The largest absolute Gasteiger partial charge is 1.00 e. The van der Waals surface area contributed by atoms with Crippen LogP contribution in [-0.4, -0.2) is 29.8 Å². The first-order chi connectivity index (χ1) is 11.7. The Morgan fingerprint density at radius 1 is 1.04 bits per heavy atom. The Balaban J connectivity index is 0.00000225. The number of aromatic nitrogens is 2. The van der Waals surface area contributed by atoms with Gasteiger partial charge in [0.05, 0.1) is 5.69 Å². The van der Waals surface area contributed by atoms with E-state index >= 15 is 0 Å². The highest BCUT2D eigenvalue weighted by Gasteiger charge is 2.07. The highest BCUT2D eigenvalue weighted by Crippen LogP contribution is 2.26. The maximum absolute atomic E-state index is 11.2. The summed E-state index contributed by atoms with van der Waals surface area (Å²) < 4.78 is 5.38. The van der Waals surface area contributed by atoms with Gasteiger partial charge in [0.15, 0.2) is 12.4 Å². The molecule has 0 aliphatic heterocycles. The van der Waals surface area contributed by atoms with E-state index in [1.54, 1.807) is 19.2 Å². The number of halogens is 1. The summed E-state index contributed by atoms with van der Waals surface area (Å²) in [5.74, 6) is 1.16. The number of nitrogens with one attached hydrogen (secondary N) is 2. The van der Waals surface area contributed by atoms with E-state index in [0.29, 0.717) is 11.6 Å². The molecule has 0 radical (unpaired) electrons. The molecule has 0 aliphatic rings. The highest BCUT2D eigenvalue weighted by molar-refractivity contribution is 5.94. The van der Waals surface area contributed by atoms with Crippen LogP contribution in [0.4, 0.5) is 11.5 Å². The molecule has 130 valence electrons. The van der Waals surface area contributed by atoms with Crippen LogP contribution in [-0.2, 0) is 4.79 Å². The zero-order valence-electron chi connectivity index (χ0n) is 13.9. The number of rotatable bonds is 5. The summed E-state index contributed by atoms with van der Waals surface area (Å²) >= 11 is 0. The Morgan fingerprint density at radius 2 is 1.72 bits per heavy atom. The van der Waals surface area contributed by atoms with E-state index < -0.39 is 0 Å². The maximum Gasteiger partial charge on any atom is 0.257 e. The van der Waals surface area contributed by atoms with Crippen molar-refractivity contribution in [1.82, 2.24) is 15.5 Å². The van der Waals surface area contributed by atoms with E-state index in [-0.39, 0.29) is 24.9 Å². The Kier molecular flexibility index (Phi) is 6.14. The fraction of sp³-hybridized carbons (Fsp3) is 0.167. The predicted octanol–water partition coefficient (Wildman–Crippen LogP) is -0.189. The van der Waals surface area contributed by atoms with Gasteiger partial charge in [-0.3, -0.25) is 4.79 Å². The SMILES string of the molecule is CNC(=O)COc1ccc(Nc2nnc(C)c3ccccc23)cc1.[Cl-]. The molecule has 0 unspecified atom stereocenters. The summed E-state index contributed by atoms with van der Waals surface area (Å²) in [7, 11) is 1.58. The van der Waals surface area contributed by atoms with Crippen LogP contribution in [0.5, 0.6) is 5.75 Å². The summed E-state index contributed by atoms with van der Waals surface area (Å²) in [5.41, 5.74) is 1.76. The molecule has 7 heteroatoms. The van der Waals surface area contributed by atoms with Crippen molar-refractivity contribution >= 4 is 28.2 Å². The minimum atomic E-state index is -0.168. The molecule has 0 aliphatic carbocycles. The molecule has 0 spiro atoms. The first-order valence-corrected chi connectivity index (χ1v) is 7.60. The molecule has 0 saturated heterocycles. The summed E-state index contributed by atoms with van der Waals surface area (Å²) in [6, 6.07) is 15.3. The van der Waals surface area contributed by atoms with Gasteiger partial charge in [0.25, 0.3) is 5.91 Å². The van der Waals surface area contributed by atoms with Gasteiger partial charge < -0.3 is 27.8 Å². The van der Waals surface area contributed by atoms with Crippen LogP contribution >= 0.6 is 0 Å². The Hall–Kier alpha value is -2.86. The lowest BCUT2D eigenvalue weighted by Gasteiger charge is -2.10. The summed E-state index contributed by atoms with van der Waals surface area (Å²) in [6.07, 6.45) is 0. The first-order valence-electron chi connectivity index (χ1n) is 7.60. The zero-order valence-corrected chi connectivity index (χ0v) is 14.7. The van der Waals surface area contributed by atoms with Crippen LogP contribution in [0.25, 0.3) is 10.8 Å². The van der Waals surface area contributed by atoms with Crippen molar-refractivity contribution in [1.29, 1.82) is 0 Å². The Labute approximate surface area is 152 Å². The molecule has 1 amide bonds. The molecule has 2 N–H and O–H groups in total. The summed E-state index contributed by atoms with van der Waals surface area (Å²) in [4.78, 5) is 11.2. The molecule has 6 nitrogen and oxygen atoms in total. The molecule has 1 aromatic heterocycles. The third-order valence-corrected chi connectivity index (χ3v) is 3.64. The highest BCUT2D eigenvalue weighted by atomic mass is 35.5. The number of nitrogens with zero attached hydrogens (tertiary/aromatic N) is 2. The number of benzene rings is 2. The van der Waals surface area contributed by atoms with E-state index in [0.717, 1.165) is 22.2 Å². The molecule has 3 rings (SSSR count). The van der Waals surface area contributed by atoms with E-state index in [2.05, 4.69) is 20.8 Å². The lowest BCUT2D eigenvalue weighted by Crippen LogP contribution is -3.00. The van der Waals surface area contributed by atoms with Gasteiger partial charge in [-0.25, -0.2) is 0 Å². The molecular formula is C18H18ClN4O2-. The smallest absolute Gasteiger partial charge is 0.257 e. The number of anilines is 2. The van der Waals surface area contributed by atoms with Gasteiger partial charge in [0.2, 0.25) is 0 Å². The zero-order chi connectivity index (χ0) is 16.9. The normalized spacial score (nSPS) is 10.0. The minimum Gasteiger partial charge on any atom is -1.00 e. The van der Waals surface area contributed by atoms with E-state index in [1.807, 2.05) is 43.3 Å². The molecule has 3 aromatic rings. The third kappa shape index (κ3) is 4.36. The molecule has 2 aromatic carbocycles. The summed E-state index contributed by atoms with van der Waals surface area (Å²) in [5, 5.41) is 16.3. The van der Waals surface area contributed by atoms with Crippen molar-refractivity contribution in [2.24, 2.45) is 0 Å². The number of aryl methyl sites for hydroxylation is 1. The van der Waals surface area contributed by atoms with Crippen LogP contribution in [0.15, 0.2) is 48.5 Å². The van der Waals surface area contributed by atoms with Gasteiger partial charge in [0, 0.05) is 23.5 Å². The molecule has 0 bridgehead atoms. The van der Waals surface area contributed by atoms with Crippen LogP contribution in [0.1, 0.15) is 5.69 Å². The van der Waals surface area contributed by atoms with Gasteiger partial charge in [-0.1, -0.05) is 24.3 Å². The minimum absolute atomic E-state index is 0. The molecule has 1 heterocycles. The maximum atomic E-state index is 11.2. The number of likely N-dealkylation sites (N-methyl/N-ethyl adjacent to an activating group) is 1. The standard InChI is InChI=1S/C18H18N4O2.ClH/c1-12-15-5-3-4-6-16(15)18(22-21-12)20-13-7-9-14(10-8-13)24-11-17(23)19-2;/h3-10H,11H2,1-2H3,(H,19,23)(H,20,22);1H/p-1. The van der Waals surface area contributed by atoms with Crippen molar-refractivity contribution in [3.05, 3.63) is 54.2 Å². The predicted molar refractivity (Wildman–Crippen MR) is 93.6 cm³/mol. The lowest BCUT2D eigenvalue weighted by atomic mass is 10.1. The van der Waals surface area contributed by atoms with E-state index in [9.17, 15) is 4.79 Å². The van der Waals surface area contributed by atoms with Crippen LogP contribution in [0.3, 0.4) is 0 Å². The molecule has 0 fully saturated rings. The molecule has 0 saturated carbocycles. The van der Waals surface area contributed by atoms with Gasteiger partial charge in [-0.15, -0.1) is 5.10 Å². The lowest BCUT2D eigenvalue weighted by molar-refractivity contribution is -0.122. The van der Waals surface area contributed by atoms with Crippen molar-refractivity contribution in [2.45, 2.75) is 6.92 Å². The second-order valence-electron chi connectivity index (χ2n) is 5.29. The number of fused-ring (bicyclic) bond motifs is 1. The summed E-state index contributed by atoms with van der Waals surface area (Å²) in [6.45, 7) is 1.94. The Bertz CT molecular complexity index is 869. The average molecular weight is 358 g/mol. The quantitative estimate of drug-likeness (QED) is 0.662. The monoisotopic (exact) mass is 357 g/mol. The van der Waals surface area contributed by atoms with Crippen molar-refractivity contribution < 1.29 is 21.9 Å². The first kappa shape index (κ1) is 18.5. The van der Waals surface area contributed by atoms with Gasteiger partial charge in [-0.2, -0.15) is 5.10 Å². The van der Waals surface area contributed by atoms with Gasteiger partial charge in [0.1, 0.15) is 5.75 Å². The number of carbonyl (C=O) groups excluding carboxylic acids is 1. The van der Waals surface area contributed by atoms with Crippen molar-refractivity contribution in [3.63, 3.8) is 0 Å². The number of ether oxygens (including phenoxy) is 1. The number of carbonyl (C=O) groups is 1. The fourth-order valence-electron chi connectivity index (χ4n) is 2.32. The van der Waals surface area contributed by atoms with Gasteiger partial charge in [-0.05, 0) is 31.2 Å². The Morgan fingerprint density at radius 3 is 2.40 bits per heavy atom. The van der Waals surface area contributed by atoms with Crippen LogP contribution in [0.2, 0.25) is 0 Å². The van der Waals surface area contributed by atoms with Crippen LogP contribution < -0.4 is 27.8 Å². The molecule has 0 atom stereocenters.